The van der Waals surface area contributed by atoms with Gasteiger partial charge in [-0.2, -0.15) is 0 Å². The highest BCUT2D eigenvalue weighted by molar-refractivity contribution is 8.00. The van der Waals surface area contributed by atoms with Crippen LogP contribution in [-0.2, 0) is 4.79 Å². The molecule has 5 nitrogen and oxygen atoms in total. The molecular weight excluding hydrogens is 432 g/mol. The van der Waals surface area contributed by atoms with E-state index in [0.29, 0.717) is 6.54 Å². The van der Waals surface area contributed by atoms with Crippen molar-refractivity contribution < 1.29 is 14.7 Å². The van der Waals surface area contributed by atoms with Gasteiger partial charge in [-0.25, -0.2) is 4.79 Å². The second kappa shape index (κ2) is 19.7. The van der Waals surface area contributed by atoms with E-state index in [1.807, 2.05) is 0 Å². The number of urea groups is 1. The number of unbranched alkanes of at least 4 members (excludes halogenated alkanes) is 15. The Bertz CT molecular complexity index is 637. The Labute approximate surface area is 205 Å². The lowest BCUT2D eigenvalue weighted by Crippen LogP contribution is -2.42. The molecule has 0 unspecified atom stereocenters. The van der Waals surface area contributed by atoms with Gasteiger partial charge in [0.2, 0.25) is 5.91 Å². The van der Waals surface area contributed by atoms with E-state index >= 15 is 0 Å². The SMILES string of the molecule is CCCCCCCCCCCCCCCCCCN(C(N)=O)C(=O)CSc1ccc(O)cc1. The molecule has 0 aliphatic carbocycles. The first-order valence-electron chi connectivity index (χ1n) is 13.1. The Morgan fingerprint density at radius 1 is 0.758 bits per heavy atom. The molecule has 0 aromatic heterocycles. The third-order valence-corrected chi connectivity index (χ3v) is 7.00. The normalized spacial score (nSPS) is 10.9. The monoisotopic (exact) mass is 478 g/mol. The van der Waals surface area contributed by atoms with Crippen molar-refractivity contribution in [3.63, 3.8) is 0 Å². The predicted molar refractivity (Wildman–Crippen MR) is 140 cm³/mol. The number of phenolic OH excluding ortho intramolecular Hbond substituents is 1. The van der Waals surface area contributed by atoms with Crippen LogP contribution in [0.1, 0.15) is 110 Å². The molecule has 1 rings (SSSR count). The van der Waals surface area contributed by atoms with Crippen LogP contribution in [0.25, 0.3) is 0 Å². The van der Waals surface area contributed by atoms with Gasteiger partial charge in [0.25, 0.3) is 0 Å². The van der Waals surface area contributed by atoms with Gasteiger partial charge in [-0.15, -0.1) is 11.8 Å². The van der Waals surface area contributed by atoms with Crippen LogP contribution in [0.2, 0.25) is 0 Å². The first-order chi connectivity index (χ1) is 16.0. The zero-order valence-corrected chi connectivity index (χ0v) is 21.6. The van der Waals surface area contributed by atoms with E-state index in [0.717, 1.165) is 29.1 Å². The third-order valence-electron chi connectivity index (χ3n) is 6.00. The van der Waals surface area contributed by atoms with Crippen LogP contribution >= 0.6 is 11.8 Å². The van der Waals surface area contributed by atoms with Crippen LogP contribution in [-0.4, -0.2) is 34.2 Å². The van der Waals surface area contributed by atoms with Crippen LogP contribution < -0.4 is 5.73 Å². The van der Waals surface area contributed by atoms with Gasteiger partial charge in [-0.05, 0) is 30.7 Å². The summed E-state index contributed by atoms with van der Waals surface area (Å²) in [5.74, 6) is 0.0847. The number of hydrogen-bond acceptors (Lipinski definition) is 4. The van der Waals surface area contributed by atoms with Gasteiger partial charge < -0.3 is 10.8 Å². The highest BCUT2D eigenvalue weighted by Gasteiger charge is 2.18. The quantitative estimate of drug-likeness (QED) is 0.149. The summed E-state index contributed by atoms with van der Waals surface area (Å²) in [5.41, 5.74) is 5.42. The Kier molecular flexibility index (Phi) is 17.6. The average Bonchev–Trinajstić information content (AvgIpc) is 2.80. The second-order valence-electron chi connectivity index (χ2n) is 8.97. The predicted octanol–water partition coefficient (Wildman–Crippen LogP) is 7.65. The number of carbonyl (C=O) groups excluding carboxylic acids is 2. The number of imide groups is 1. The lowest BCUT2D eigenvalue weighted by atomic mass is 10.0. The lowest BCUT2D eigenvalue weighted by molar-refractivity contribution is -0.125. The molecular formula is C27H46N2O3S. The molecule has 0 aliphatic rings. The minimum atomic E-state index is -0.674. The first-order valence-corrected chi connectivity index (χ1v) is 14.0. The molecule has 6 heteroatoms. The number of carbonyl (C=O) groups is 2. The van der Waals surface area contributed by atoms with Crippen LogP contribution in [0.3, 0.4) is 0 Å². The van der Waals surface area contributed by atoms with Gasteiger partial charge >= 0.3 is 6.03 Å². The maximum Gasteiger partial charge on any atom is 0.321 e. The molecule has 0 heterocycles. The Hall–Kier alpha value is -1.69. The minimum Gasteiger partial charge on any atom is -0.508 e. The summed E-state index contributed by atoms with van der Waals surface area (Å²) in [6.45, 7) is 2.66. The van der Waals surface area contributed by atoms with E-state index in [1.54, 1.807) is 24.3 Å². The summed E-state index contributed by atoms with van der Waals surface area (Å²) in [6, 6.07) is 5.98. The fourth-order valence-corrected chi connectivity index (χ4v) is 4.72. The number of amides is 3. The van der Waals surface area contributed by atoms with Crippen LogP contribution in [0.5, 0.6) is 5.75 Å². The number of thioether (sulfide) groups is 1. The van der Waals surface area contributed by atoms with Crippen LogP contribution in [0.4, 0.5) is 4.79 Å². The van der Waals surface area contributed by atoms with Gasteiger partial charge in [0.05, 0.1) is 5.75 Å². The molecule has 188 valence electrons. The van der Waals surface area contributed by atoms with Gasteiger partial charge in [-0.3, -0.25) is 9.69 Å². The first kappa shape index (κ1) is 29.3. The van der Waals surface area contributed by atoms with E-state index in [-0.39, 0.29) is 17.4 Å². The number of hydrogen-bond donors (Lipinski definition) is 2. The third kappa shape index (κ3) is 15.7. The van der Waals surface area contributed by atoms with Crippen molar-refractivity contribution in [2.45, 2.75) is 115 Å². The Morgan fingerprint density at radius 3 is 1.61 bits per heavy atom. The fourth-order valence-electron chi connectivity index (χ4n) is 3.94. The van der Waals surface area contributed by atoms with Gasteiger partial charge in [0.1, 0.15) is 5.75 Å². The van der Waals surface area contributed by atoms with Crippen molar-refractivity contribution in [1.29, 1.82) is 0 Å². The van der Waals surface area contributed by atoms with Crippen molar-refractivity contribution in [3.8, 4) is 5.75 Å². The van der Waals surface area contributed by atoms with Gasteiger partial charge in [0.15, 0.2) is 0 Å². The topological polar surface area (TPSA) is 83.6 Å². The molecule has 1 aromatic rings. The molecule has 0 aliphatic heterocycles. The Morgan fingerprint density at radius 2 is 1.18 bits per heavy atom. The maximum atomic E-state index is 12.4. The minimum absolute atomic E-state index is 0.159. The van der Waals surface area contributed by atoms with E-state index in [2.05, 4.69) is 6.92 Å². The summed E-state index contributed by atoms with van der Waals surface area (Å²) in [7, 11) is 0. The van der Waals surface area contributed by atoms with Crippen molar-refractivity contribution in [3.05, 3.63) is 24.3 Å². The molecule has 0 bridgehead atoms. The molecule has 33 heavy (non-hydrogen) atoms. The number of nitrogens with two attached hydrogens (primary N) is 1. The summed E-state index contributed by atoms with van der Waals surface area (Å²) < 4.78 is 0. The Balaban J connectivity index is 1.99. The van der Waals surface area contributed by atoms with Gasteiger partial charge in [-0.1, -0.05) is 103 Å². The zero-order chi connectivity index (χ0) is 24.2. The van der Waals surface area contributed by atoms with Crippen LogP contribution in [0, 0.1) is 0 Å². The second-order valence-corrected chi connectivity index (χ2v) is 10.0. The number of rotatable bonds is 20. The van der Waals surface area contributed by atoms with Crippen molar-refractivity contribution in [2.75, 3.05) is 12.3 Å². The van der Waals surface area contributed by atoms with Crippen molar-refractivity contribution >= 4 is 23.7 Å². The van der Waals surface area contributed by atoms with Gasteiger partial charge in [0, 0.05) is 11.4 Å². The highest BCUT2D eigenvalue weighted by Crippen LogP contribution is 2.21. The fraction of sp³-hybridized carbons (Fsp3) is 0.704. The molecule has 3 amide bonds. The van der Waals surface area contributed by atoms with E-state index in [4.69, 9.17) is 5.73 Å². The molecule has 0 spiro atoms. The summed E-state index contributed by atoms with van der Waals surface area (Å²) >= 11 is 1.34. The molecule has 0 fully saturated rings. The molecule has 0 saturated heterocycles. The summed E-state index contributed by atoms with van der Waals surface area (Å²) in [6.07, 6.45) is 20.6. The standard InChI is InChI=1S/C27H46N2O3S/c1-2-3-4-5-6-7-8-9-10-11-12-13-14-15-16-17-22-29(27(28)32)26(31)23-33-25-20-18-24(30)19-21-25/h18-21,30H,2-17,22-23H2,1H3,(H2,28,32). The lowest BCUT2D eigenvalue weighted by Gasteiger charge is -2.18. The average molecular weight is 479 g/mol. The molecule has 0 saturated carbocycles. The molecule has 3 N–H and O–H groups in total. The maximum absolute atomic E-state index is 12.4. The number of phenols is 1. The summed E-state index contributed by atoms with van der Waals surface area (Å²) in [4.78, 5) is 26.1. The van der Waals surface area contributed by atoms with Crippen molar-refractivity contribution in [2.24, 2.45) is 5.73 Å². The number of aromatic hydroxyl groups is 1. The van der Waals surface area contributed by atoms with Crippen LogP contribution in [0.15, 0.2) is 29.2 Å². The number of benzene rings is 1. The molecule has 0 atom stereocenters. The number of primary amides is 1. The highest BCUT2D eigenvalue weighted by atomic mass is 32.2. The van der Waals surface area contributed by atoms with Crippen molar-refractivity contribution in [1.82, 2.24) is 4.90 Å². The largest absolute Gasteiger partial charge is 0.508 e. The zero-order valence-electron chi connectivity index (χ0n) is 20.7. The molecule has 1 aromatic carbocycles. The van der Waals surface area contributed by atoms with E-state index in [9.17, 15) is 14.7 Å². The van der Waals surface area contributed by atoms with E-state index < -0.39 is 6.03 Å². The number of nitrogens with zero attached hydrogens (tertiary/aromatic N) is 1. The van der Waals surface area contributed by atoms with E-state index in [1.165, 1.54) is 95.2 Å². The molecule has 0 radical (unpaired) electrons. The summed E-state index contributed by atoms with van der Waals surface area (Å²) in [5, 5.41) is 9.32. The smallest absolute Gasteiger partial charge is 0.321 e.